The van der Waals surface area contributed by atoms with Gasteiger partial charge in [-0.3, -0.25) is 9.74 Å². The van der Waals surface area contributed by atoms with Gasteiger partial charge in [-0.1, -0.05) is 36.4 Å². The third kappa shape index (κ3) is 1.76. The van der Waals surface area contributed by atoms with Crippen LogP contribution in [0.15, 0.2) is 48.5 Å². The number of nitrogens with one attached hydrogen (secondary N) is 2. The van der Waals surface area contributed by atoms with Gasteiger partial charge >= 0.3 is 0 Å². The summed E-state index contributed by atoms with van der Waals surface area (Å²) in [7, 11) is 4.30. The zero-order valence-corrected chi connectivity index (χ0v) is 15.9. The second-order valence-corrected chi connectivity index (χ2v) is 8.54. The Morgan fingerprint density at radius 3 is 2.26 bits per heavy atom. The van der Waals surface area contributed by atoms with Crippen LogP contribution in [0.5, 0.6) is 0 Å². The van der Waals surface area contributed by atoms with Crippen molar-refractivity contribution in [3.63, 3.8) is 0 Å². The summed E-state index contributed by atoms with van der Waals surface area (Å²) in [5.74, 6) is 0. The molecule has 0 aliphatic carbocycles. The number of benzene rings is 2. The molecular formula is C22H26N4O. The van der Waals surface area contributed by atoms with Crippen molar-refractivity contribution in [2.45, 2.75) is 36.1 Å². The SMILES string of the molecule is CN1CC[C@@]2([C@@]34CCN(C)[C@@H]3Nc3ccccc34)c3ccccc3N[C@H]2O1. The second kappa shape index (κ2) is 5.25. The minimum Gasteiger partial charge on any atom is -0.369 e. The molecule has 2 saturated heterocycles. The Morgan fingerprint density at radius 2 is 1.48 bits per heavy atom. The molecule has 6 rings (SSSR count). The van der Waals surface area contributed by atoms with Crippen molar-refractivity contribution < 1.29 is 4.84 Å². The Morgan fingerprint density at radius 1 is 0.852 bits per heavy atom. The van der Waals surface area contributed by atoms with E-state index in [4.69, 9.17) is 4.84 Å². The summed E-state index contributed by atoms with van der Waals surface area (Å²) in [4.78, 5) is 8.93. The quantitative estimate of drug-likeness (QED) is 0.816. The van der Waals surface area contributed by atoms with Crippen LogP contribution in [0.4, 0.5) is 11.4 Å². The molecule has 5 heteroatoms. The molecule has 0 bridgehead atoms. The van der Waals surface area contributed by atoms with Crippen molar-refractivity contribution in [1.82, 2.24) is 9.96 Å². The van der Waals surface area contributed by atoms with Crippen molar-refractivity contribution >= 4 is 11.4 Å². The molecule has 4 aliphatic rings. The maximum atomic E-state index is 6.44. The highest BCUT2D eigenvalue weighted by atomic mass is 16.7. The zero-order chi connectivity index (χ0) is 18.2. The van der Waals surface area contributed by atoms with E-state index in [1.165, 1.54) is 22.5 Å². The molecule has 4 atom stereocenters. The molecule has 5 nitrogen and oxygen atoms in total. The lowest BCUT2D eigenvalue weighted by molar-refractivity contribution is -0.233. The normalized spacial score (nSPS) is 37.1. The van der Waals surface area contributed by atoms with E-state index in [0.717, 1.165) is 25.9 Å². The van der Waals surface area contributed by atoms with Crippen molar-refractivity contribution in [2.24, 2.45) is 0 Å². The molecular weight excluding hydrogens is 336 g/mol. The van der Waals surface area contributed by atoms with Crippen LogP contribution >= 0.6 is 0 Å². The van der Waals surface area contributed by atoms with E-state index in [1.54, 1.807) is 0 Å². The molecule has 0 radical (unpaired) electrons. The Hall–Kier alpha value is -2.08. The van der Waals surface area contributed by atoms with E-state index < -0.39 is 0 Å². The number of para-hydroxylation sites is 2. The van der Waals surface area contributed by atoms with Crippen LogP contribution in [0.2, 0.25) is 0 Å². The van der Waals surface area contributed by atoms with Crippen molar-refractivity contribution in [1.29, 1.82) is 0 Å². The number of hydroxylamine groups is 2. The predicted molar refractivity (Wildman–Crippen MR) is 107 cm³/mol. The highest BCUT2D eigenvalue weighted by molar-refractivity contribution is 5.71. The summed E-state index contributed by atoms with van der Waals surface area (Å²) in [6.07, 6.45) is 2.46. The fourth-order valence-corrected chi connectivity index (χ4v) is 6.41. The van der Waals surface area contributed by atoms with Crippen molar-refractivity contribution in [2.75, 3.05) is 37.8 Å². The third-order valence-electron chi connectivity index (χ3n) is 7.51. The summed E-state index contributed by atoms with van der Waals surface area (Å²) in [5, 5.41) is 9.59. The summed E-state index contributed by atoms with van der Waals surface area (Å²) < 4.78 is 0. The van der Waals surface area contributed by atoms with E-state index in [2.05, 4.69) is 71.1 Å². The molecule has 0 unspecified atom stereocenters. The van der Waals surface area contributed by atoms with Gasteiger partial charge in [-0.25, -0.2) is 0 Å². The number of anilines is 2. The highest BCUT2D eigenvalue weighted by Crippen LogP contribution is 2.65. The van der Waals surface area contributed by atoms with Gasteiger partial charge in [-0.05, 0) is 43.1 Å². The summed E-state index contributed by atoms with van der Waals surface area (Å²) in [6, 6.07) is 17.7. The fourth-order valence-electron chi connectivity index (χ4n) is 6.41. The highest BCUT2D eigenvalue weighted by Gasteiger charge is 2.70. The number of fused-ring (bicyclic) bond motifs is 7. The third-order valence-corrected chi connectivity index (χ3v) is 7.51. The lowest BCUT2D eigenvalue weighted by Crippen LogP contribution is -2.64. The molecule has 27 heavy (non-hydrogen) atoms. The van der Waals surface area contributed by atoms with E-state index >= 15 is 0 Å². The number of rotatable bonds is 1. The maximum Gasteiger partial charge on any atom is 0.159 e. The van der Waals surface area contributed by atoms with E-state index in [-0.39, 0.29) is 23.2 Å². The molecule has 2 aromatic rings. The standard InChI is InChI=1S/C22H26N4O/c1-25-13-11-21(15-7-3-5-9-17(15)23-19(21)25)22-12-14-26(2)27-20(22)24-18-10-6-4-8-16(18)22/h3-10,19-20,23-24H,11-14H2,1-2H3/t19-,20-,21+,22+/m0/s1. The number of likely N-dealkylation sites (N-methyl/N-ethyl adjacent to an activating group) is 1. The van der Waals surface area contributed by atoms with Crippen LogP contribution in [0, 0.1) is 0 Å². The van der Waals surface area contributed by atoms with Crippen molar-refractivity contribution in [3.05, 3.63) is 59.7 Å². The number of hydrogen-bond acceptors (Lipinski definition) is 5. The Bertz CT molecular complexity index is 917. The van der Waals surface area contributed by atoms with Gasteiger partial charge in [0, 0.05) is 36.9 Å². The number of likely N-dealkylation sites (tertiary alicyclic amines) is 1. The fraction of sp³-hybridized carbons (Fsp3) is 0.455. The molecule has 140 valence electrons. The molecule has 0 amide bonds. The van der Waals surface area contributed by atoms with Gasteiger partial charge in [0.2, 0.25) is 0 Å². The van der Waals surface area contributed by atoms with Crippen LogP contribution in [0.1, 0.15) is 24.0 Å². The van der Waals surface area contributed by atoms with E-state index in [0.29, 0.717) is 0 Å². The first-order valence-electron chi connectivity index (χ1n) is 9.97. The molecule has 4 aliphatic heterocycles. The molecule has 0 saturated carbocycles. The first kappa shape index (κ1) is 15.9. The number of nitrogens with zero attached hydrogens (tertiary/aromatic N) is 2. The Kier molecular flexibility index (Phi) is 3.10. The lowest BCUT2D eigenvalue weighted by Gasteiger charge is -2.53. The van der Waals surface area contributed by atoms with Gasteiger partial charge < -0.3 is 10.6 Å². The van der Waals surface area contributed by atoms with Crippen molar-refractivity contribution in [3.8, 4) is 0 Å². The minimum atomic E-state index is -0.0921. The molecule has 2 fully saturated rings. The summed E-state index contributed by atoms with van der Waals surface area (Å²) in [6.45, 7) is 2.03. The van der Waals surface area contributed by atoms with Crippen LogP contribution in [-0.2, 0) is 15.7 Å². The Labute approximate surface area is 160 Å². The average Bonchev–Trinajstić information content (AvgIpc) is 3.30. The molecule has 0 spiro atoms. The maximum absolute atomic E-state index is 6.44. The predicted octanol–water partition coefficient (Wildman–Crippen LogP) is 2.97. The monoisotopic (exact) mass is 362 g/mol. The van der Waals surface area contributed by atoms with Gasteiger partial charge in [-0.15, -0.1) is 0 Å². The first-order chi connectivity index (χ1) is 13.2. The number of hydrogen-bond donors (Lipinski definition) is 2. The minimum absolute atomic E-state index is 0.0100. The summed E-state index contributed by atoms with van der Waals surface area (Å²) in [5.41, 5.74) is 5.28. The van der Waals surface area contributed by atoms with Gasteiger partial charge in [0.1, 0.15) is 0 Å². The molecule has 4 heterocycles. The van der Waals surface area contributed by atoms with Crippen LogP contribution < -0.4 is 10.6 Å². The topological polar surface area (TPSA) is 39.8 Å². The van der Waals surface area contributed by atoms with E-state index in [9.17, 15) is 0 Å². The lowest BCUT2D eigenvalue weighted by atomic mass is 9.54. The second-order valence-electron chi connectivity index (χ2n) is 8.54. The smallest absolute Gasteiger partial charge is 0.159 e. The first-order valence-corrected chi connectivity index (χ1v) is 9.97. The van der Waals surface area contributed by atoms with E-state index in [1.807, 2.05) is 12.1 Å². The van der Waals surface area contributed by atoms with Gasteiger partial charge in [-0.2, -0.15) is 5.06 Å². The summed E-state index contributed by atoms with van der Waals surface area (Å²) >= 11 is 0. The average molecular weight is 362 g/mol. The van der Waals surface area contributed by atoms with Crippen LogP contribution in [-0.4, -0.2) is 49.5 Å². The van der Waals surface area contributed by atoms with Gasteiger partial charge in [0.05, 0.1) is 11.6 Å². The molecule has 2 N–H and O–H groups in total. The largest absolute Gasteiger partial charge is 0.369 e. The molecule has 2 aromatic carbocycles. The van der Waals surface area contributed by atoms with Gasteiger partial charge in [0.15, 0.2) is 6.23 Å². The van der Waals surface area contributed by atoms with Crippen LogP contribution in [0.3, 0.4) is 0 Å². The Balaban J connectivity index is 1.65. The van der Waals surface area contributed by atoms with Gasteiger partial charge in [0.25, 0.3) is 0 Å². The zero-order valence-electron chi connectivity index (χ0n) is 15.9. The van der Waals surface area contributed by atoms with Crippen LogP contribution in [0.25, 0.3) is 0 Å². The molecule has 0 aromatic heterocycles.